The van der Waals surface area contributed by atoms with E-state index in [2.05, 4.69) is 10.6 Å². The molecule has 2 amide bonds. The average molecular weight is 268 g/mol. The summed E-state index contributed by atoms with van der Waals surface area (Å²) in [6.07, 6.45) is 5.03. The summed E-state index contributed by atoms with van der Waals surface area (Å²) < 4.78 is 0. The van der Waals surface area contributed by atoms with Crippen LogP contribution in [0.15, 0.2) is 0 Å². The number of carboxylic acid groups (broad SMARTS) is 1. The van der Waals surface area contributed by atoms with Crippen LogP contribution in [0.25, 0.3) is 0 Å². The number of aliphatic carboxylic acids is 1. The lowest BCUT2D eigenvalue weighted by atomic mass is 9.83. The molecule has 2 rings (SSSR count). The molecule has 2 fully saturated rings. The number of amides is 2. The summed E-state index contributed by atoms with van der Waals surface area (Å²) in [5.41, 5.74) is 0. The van der Waals surface area contributed by atoms with E-state index in [0.29, 0.717) is 6.54 Å². The summed E-state index contributed by atoms with van der Waals surface area (Å²) >= 11 is 0. The predicted molar refractivity (Wildman–Crippen MR) is 67.3 cm³/mol. The minimum absolute atomic E-state index is 0.0141. The third-order valence-corrected chi connectivity index (χ3v) is 4.03. The van der Waals surface area contributed by atoms with Gasteiger partial charge in [0.1, 0.15) is 6.04 Å². The zero-order valence-electron chi connectivity index (χ0n) is 10.9. The second-order valence-electron chi connectivity index (χ2n) is 5.43. The van der Waals surface area contributed by atoms with Gasteiger partial charge in [0.2, 0.25) is 11.8 Å². The van der Waals surface area contributed by atoms with E-state index in [0.717, 1.165) is 32.1 Å². The lowest BCUT2D eigenvalue weighted by Gasteiger charge is -2.28. The molecule has 19 heavy (non-hydrogen) atoms. The van der Waals surface area contributed by atoms with Crippen LogP contribution < -0.4 is 10.6 Å². The number of nitrogens with one attached hydrogen (secondary N) is 2. The van der Waals surface area contributed by atoms with E-state index in [1.54, 1.807) is 0 Å². The van der Waals surface area contributed by atoms with Gasteiger partial charge in [-0.05, 0) is 18.8 Å². The van der Waals surface area contributed by atoms with Gasteiger partial charge in [0, 0.05) is 13.0 Å². The molecule has 2 atom stereocenters. The van der Waals surface area contributed by atoms with Crippen LogP contribution in [0.5, 0.6) is 0 Å². The van der Waals surface area contributed by atoms with Crippen LogP contribution in [0.3, 0.4) is 0 Å². The smallest absolute Gasteiger partial charge is 0.326 e. The number of carbonyl (C=O) groups is 3. The van der Waals surface area contributed by atoms with Crippen molar-refractivity contribution in [1.82, 2.24) is 10.6 Å². The SMILES string of the molecule is O=C1CC(C(=O)NC(C(=O)O)C2CCCCC2)CN1. The minimum Gasteiger partial charge on any atom is -0.480 e. The zero-order valence-corrected chi connectivity index (χ0v) is 10.9. The van der Waals surface area contributed by atoms with Gasteiger partial charge in [-0.15, -0.1) is 0 Å². The molecule has 2 aliphatic rings. The highest BCUT2D eigenvalue weighted by atomic mass is 16.4. The van der Waals surface area contributed by atoms with Gasteiger partial charge in [-0.2, -0.15) is 0 Å². The van der Waals surface area contributed by atoms with Gasteiger partial charge in [-0.25, -0.2) is 4.79 Å². The minimum atomic E-state index is -0.975. The first-order valence-electron chi connectivity index (χ1n) is 6.88. The Morgan fingerprint density at radius 3 is 2.47 bits per heavy atom. The van der Waals surface area contributed by atoms with E-state index >= 15 is 0 Å². The van der Waals surface area contributed by atoms with E-state index in [1.165, 1.54) is 0 Å². The van der Waals surface area contributed by atoms with Crippen LogP contribution in [0, 0.1) is 11.8 Å². The van der Waals surface area contributed by atoms with Gasteiger partial charge < -0.3 is 15.7 Å². The quantitative estimate of drug-likeness (QED) is 0.682. The molecular formula is C13H20N2O4. The van der Waals surface area contributed by atoms with Gasteiger partial charge in [-0.1, -0.05) is 19.3 Å². The Labute approximate surface area is 111 Å². The van der Waals surface area contributed by atoms with Crippen molar-refractivity contribution in [3.63, 3.8) is 0 Å². The van der Waals surface area contributed by atoms with Crippen LogP contribution >= 0.6 is 0 Å². The topological polar surface area (TPSA) is 95.5 Å². The van der Waals surface area contributed by atoms with Crippen LogP contribution in [-0.2, 0) is 14.4 Å². The highest BCUT2D eigenvalue weighted by molar-refractivity contribution is 5.91. The van der Waals surface area contributed by atoms with Gasteiger partial charge >= 0.3 is 5.97 Å². The molecule has 3 N–H and O–H groups in total. The van der Waals surface area contributed by atoms with E-state index in [9.17, 15) is 19.5 Å². The first-order valence-corrected chi connectivity index (χ1v) is 6.88. The Morgan fingerprint density at radius 1 is 1.26 bits per heavy atom. The van der Waals surface area contributed by atoms with Gasteiger partial charge in [0.05, 0.1) is 5.92 Å². The second-order valence-corrected chi connectivity index (χ2v) is 5.43. The molecule has 0 aromatic heterocycles. The second kappa shape index (κ2) is 6.04. The monoisotopic (exact) mass is 268 g/mol. The molecule has 0 radical (unpaired) electrons. The largest absolute Gasteiger partial charge is 0.480 e. The third-order valence-electron chi connectivity index (χ3n) is 4.03. The maximum atomic E-state index is 12.0. The number of hydrogen-bond acceptors (Lipinski definition) is 3. The number of rotatable bonds is 4. The predicted octanol–water partition coefficient (Wildman–Crippen LogP) is 0.272. The van der Waals surface area contributed by atoms with Crippen molar-refractivity contribution in [2.75, 3.05) is 6.54 Å². The van der Waals surface area contributed by atoms with E-state index in [-0.39, 0.29) is 24.2 Å². The molecule has 1 saturated heterocycles. The van der Waals surface area contributed by atoms with E-state index < -0.39 is 17.9 Å². The molecule has 0 spiro atoms. The van der Waals surface area contributed by atoms with Gasteiger partial charge in [-0.3, -0.25) is 9.59 Å². The van der Waals surface area contributed by atoms with Gasteiger partial charge in [0.15, 0.2) is 0 Å². The van der Waals surface area contributed by atoms with Crippen molar-refractivity contribution in [2.45, 2.75) is 44.6 Å². The summed E-state index contributed by atoms with van der Waals surface area (Å²) in [7, 11) is 0. The summed E-state index contributed by atoms with van der Waals surface area (Å²) in [6, 6.07) is -0.816. The molecule has 106 valence electrons. The van der Waals surface area contributed by atoms with Crippen molar-refractivity contribution in [3.8, 4) is 0 Å². The summed E-state index contributed by atoms with van der Waals surface area (Å²) in [6.45, 7) is 0.307. The molecule has 1 aliphatic carbocycles. The summed E-state index contributed by atoms with van der Waals surface area (Å²) in [4.78, 5) is 34.4. The lowest BCUT2D eigenvalue weighted by molar-refractivity contribution is -0.144. The van der Waals surface area contributed by atoms with E-state index in [4.69, 9.17) is 0 Å². The molecule has 1 aliphatic heterocycles. The molecule has 6 nitrogen and oxygen atoms in total. The molecule has 1 saturated carbocycles. The average Bonchev–Trinajstić information content (AvgIpc) is 2.83. The fourth-order valence-corrected chi connectivity index (χ4v) is 2.91. The molecule has 0 aromatic carbocycles. The number of carbonyl (C=O) groups excluding carboxylic acids is 2. The molecule has 1 heterocycles. The highest BCUT2D eigenvalue weighted by Crippen LogP contribution is 2.27. The van der Waals surface area contributed by atoms with Crippen LogP contribution in [0.4, 0.5) is 0 Å². The third kappa shape index (κ3) is 3.45. The first-order chi connectivity index (χ1) is 9.08. The standard InChI is InChI=1S/C13H20N2O4/c16-10-6-9(7-14-10)12(17)15-11(13(18)19)8-4-2-1-3-5-8/h8-9,11H,1-7H2,(H,14,16)(H,15,17)(H,18,19). The van der Waals surface area contributed by atoms with E-state index in [1.807, 2.05) is 0 Å². The zero-order chi connectivity index (χ0) is 13.8. The molecule has 2 unspecified atom stereocenters. The maximum absolute atomic E-state index is 12.0. The van der Waals surface area contributed by atoms with Crippen molar-refractivity contribution < 1.29 is 19.5 Å². The normalized spacial score (nSPS) is 25.7. The number of hydrogen-bond donors (Lipinski definition) is 3. The lowest BCUT2D eigenvalue weighted by Crippen LogP contribution is -2.48. The molecule has 0 bridgehead atoms. The van der Waals surface area contributed by atoms with Crippen LogP contribution in [0.2, 0.25) is 0 Å². The fraction of sp³-hybridized carbons (Fsp3) is 0.769. The summed E-state index contributed by atoms with van der Waals surface area (Å²) in [5, 5.41) is 14.5. The Morgan fingerprint density at radius 2 is 1.95 bits per heavy atom. The van der Waals surface area contributed by atoms with Crippen LogP contribution in [-0.4, -0.2) is 35.5 Å². The van der Waals surface area contributed by atoms with Crippen molar-refractivity contribution >= 4 is 17.8 Å². The van der Waals surface area contributed by atoms with Crippen molar-refractivity contribution in [3.05, 3.63) is 0 Å². The van der Waals surface area contributed by atoms with Gasteiger partial charge in [0.25, 0.3) is 0 Å². The summed E-state index contributed by atoms with van der Waals surface area (Å²) in [5.74, 6) is -1.86. The van der Waals surface area contributed by atoms with Crippen LogP contribution in [0.1, 0.15) is 38.5 Å². The number of carboxylic acids is 1. The maximum Gasteiger partial charge on any atom is 0.326 e. The highest BCUT2D eigenvalue weighted by Gasteiger charge is 2.34. The van der Waals surface area contributed by atoms with Crippen molar-refractivity contribution in [1.29, 1.82) is 0 Å². The van der Waals surface area contributed by atoms with Crippen molar-refractivity contribution in [2.24, 2.45) is 11.8 Å². The molecule has 0 aromatic rings. The fourth-order valence-electron chi connectivity index (χ4n) is 2.91. The Hall–Kier alpha value is -1.59. The Bertz CT molecular complexity index is 377. The first kappa shape index (κ1) is 13.8. The Kier molecular flexibility index (Phi) is 4.39. The Balaban J connectivity index is 1.94. The molecular weight excluding hydrogens is 248 g/mol. The molecule has 6 heteroatoms.